The van der Waals surface area contributed by atoms with E-state index >= 15 is 0 Å². The molecule has 0 saturated heterocycles. The number of halogens is 2. The maximum atomic E-state index is 13.1. The number of aliphatic hydroxyl groups excluding tert-OH is 1. The van der Waals surface area contributed by atoms with Gasteiger partial charge in [0.15, 0.2) is 11.6 Å². The number of pyridine rings is 1. The largest absolute Gasteiger partial charge is 0.391 e. The fourth-order valence-electron chi connectivity index (χ4n) is 1.39. The summed E-state index contributed by atoms with van der Waals surface area (Å²) in [6, 6.07) is 0.754. The van der Waals surface area contributed by atoms with E-state index < -0.39 is 17.7 Å². The van der Waals surface area contributed by atoms with Gasteiger partial charge in [-0.2, -0.15) is 0 Å². The van der Waals surface area contributed by atoms with Crippen molar-refractivity contribution < 1.29 is 13.9 Å². The molecule has 16 heavy (non-hydrogen) atoms. The first kappa shape index (κ1) is 12.8. The van der Waals surface area contributed by atoms with Crippen LogP contribution < -0.4 is 5.32 Å². The highest BCUT2D eigenvalue weighted by Crippen LogP contribution is 2.12. The van der Waals surface area contributed by atoms with Gasteiger partial charge in [0.2, 0.25) is 0 Å². The molecule has 1 rings (SSSR count). The lowest BCUT2D eigenvalue weighted by Gasteiger charge is -2.14. The molecule has 0 radical (unpaired) electrons. The molecule has 0 aliphatic rings. The summed E-state index contributed by atoms with van der Waals surface area (Å²) in [5, 5.41) is 12.2. The van der Waals surface area contributed by atoms with E-state index in [4.69, 9.17) is 0 Å². The third-order valence-corrected chi connectivity index (χ3v) is 2.06. The van der Waals surface area contributed by atoms with Crippen LogP contribution in [0.2, 0.25) is 0 Å². The second-order valence-corrected chi connectivity index (χ2v) is 4.15. The third-order valence-electron chi connectivity index (χ3n) is 2.06. The van der Waals surface area contributed by atoms with Crippen molar-refractivity contribution in [1.82, 2.24) is 4.98 Å². The lowest BCUT2D eigenvalue weighted by molar-refractivity contribution is 0.161. The van der Waals surface area contributed by atoms with E-state index in [-0.39, 0.29) is 12.4 Å². The van der Waals surface area contributed by atoms with Crippen LogP contribution in [0.25, 0.3) is 0 Å². The van der Waals surface area contributed by atoms with Gasteiger partial charge in [-0.25, -0.2) is 13.8 Å². The third kappa shape index (κ3) is 4.10. The molecular weight excluding hydrogens is 214 g/mol. The first-order valence-corrected chi connectivity index (χ1v) is 5.22. The summed E-state index contributed by atoms with van der Waals surface area (Å²) in [5.41, 5.74) is 0. The van der Waals surface area contributed by atoms with E-state index in [1.165, 1.54) is 0 Å². The first-order valence-electron chi connectivity index (χ1n) is 5.22. The highest BCUT2D eigenvalue weighted by Gasteiger charge is 2.09. The fraction of sp³-hybridized carbons (Fsp3) is 0.545. The van der Waals surface area contributed by atoms with E-state index in [1.807, 2.05) is 13.8 Å². The Hall–Kier alpha value is -1.23. The molecule has 0 bridgehead atoms. The van der Waals surface area contributed by atoms with Crippen molar-refractivity contribution in [1.29, 1.82) is 0 Å². The molecule has 90 valence electrons. The van der Waals surface area contributed by atoms with Crippen LogP contribution in [0.3, 0.4) is 0 Å². The molecule has 0 aliphatic carbocycles. The molecule has 0 amide bonds. The lowest BCUT2D eigenvalue weighted by Crippen LogP contribution is -2.22. The van der Waals surface area contributed by atoms with E-state index in [0.717, 1.165) is 12.3 Å². The molecule has 0 spiro atoms. The van der Waals surface area contributed by atoms with E-state index in [1.54, 1.807) is 0 Å². The van der Waals surface area contributed by atoms with Gasteiger partial charge in [0.1, 0.15) is 5.82 Å². The van der Waals surface area contributed by atoms with Crippen molar-refractivity contribution in [2.45, 2.75) is 26.4 Å². The van der Waals surface area contributed by atoms with Crippen molar-refractivity contribution in [2.24, 2.45) is 5.92 Å². The maximum absolute atomic E-state index is 13.1. The summed E-state index contributed by atoms with van der Waals surface area (Å²) in [6.07, 6.45) is 0.988. The number of hydrogen-bond donors (Lipinski definition) is 2. The van der Waals surface area contributed by atoms with Crippen molar-refractivity contribution in [2.75, 3.05) is 11.9 Å². The summed E-state index contributed by atoms with van der Waals surface area (Å²) in [4.78, 5) is 3.56. The van der Waals surface area contributed by atoms with Crippen LogP contribution in [0, 0.1) is 17.6 Å². The average molecular weight is 230 g/mol. The van der Waals surface area contributed by atoms with E-state index in [0.29, 0.717) is 12.3 Å². The fourth-order valence-corrected chi connectivity index (χ4v) is 1.39. The Labute approximate surface area is 93.5 Å². The predicted octanol–water partition coefficient (Wildman–Crippen LogP) is 2.18. The maximum Gasteiger partial charge on any atom is 0.168 e. The van der Waals surface area contributed by atoms with Gasteiger partial charge >= 0.3 is 0 Å². The molecule has 1 heterocycles. The van der Waals surface area contributed by atoms with Gasteiger partial charge in [-0.3, -0.25) is 0 Å². The number of hydrogen-bond acceptors (Lipinski definition) is 3. The quantitative estimate of drug-likeness (QED) is 0.815. The van der Waals surface area contributed by atoms with E-state index in [2.05, 4.69) is 10.3 Å². The lowest BCUT2D eigenvalue weighted by atomic mass is 10.1. The van der Waals surface area contributed by atoms with Crippen molar-refractivity contribution >= 4 is 5.82 Å². The molecule has 1 atom stereocenters. The normalized spacial score (nSPS) is 12.9. The standard InChI is InChI=1S/C11H16F2N2O/c1-7(2)3-9(16)6-15-11-10(13)4-8(12)5-14-11/h4-5,7,9,16H,3,6H2,1-2H3,(H,14,15). The van der Waals surface area contributed by atoms with Gasteiger partial charge in [-0.15, -0.1) is 0 Å². The van der Waals surface area contributed by atoms with Crippen LogP contribution in [0.15, 0.2) is 12.3 Å². The Bertz CT molecular complexity index is 345. The molecule has 0 aliphatic heterocycles. The Morgan fingerprint density at radius 2 is 2.12 bits per heavy atom. The minimum absolute atomic E-state index is 0.0378. The second kappa shape index (κ2) is 5.75. The van der Waals surface area contributed by atoms with Crippen LogP contribution in [0.5, 0.6) is 0 Å². The van der Waals surface area contributed by atoms with Crippen LogP contribution in [-0.2, 0) is 0 Å². The van der Waals surface area contributed by atoms with Gasteiger partial charge in [0, 0.05) is 12.6 Å². The number of aliphatic hydroxyl groups is 1. The molecule has 1 aromatic heterocycles. The number of nitrogens with zero attached hydrogens (tertiary/aromatic N) is 1. The van der Waals surface area contributed by atoms with Gasteiger partial charge in [-0.05, 0) is 12.3 Å². The van der Waals surface area contributed by atoms with E-state index in [9.17, 15) is 13.9 Å². The van der Waals surface area contributed by atoms with Gasteiger partial charge in [-0.1, -0.05) is 13.8 Å². The molecule has 0 fully saturated rings. The highest BCUT2D eigenvalue weighted by molar-refractivity contribution is 5.35. The minimum atomic E-state index is -0.753. The van der Waals surface area contributed by atoms with Crippen LogP contribution >= 0.6 is 0 Å². The topological polar surface area (TPSA) is 45.1 Å². The zero-order valence-electron chi connectivity index (χ0n) is 9.37. The Morgan fingerprint density at radius 3 is 2.69 bits per heavy atom. The van der Waals surface area contributed by atoms with Crippen molar-refractivity contribution in [3.05, 3.63) is 23.9 Å². The molecule has 5 heteroatoms. The summed E-state index contributed by atoms with van der Waals surface area (Å²) in [5.74, 6) is -1.14. The molecular formula is C11H16F2N2O. The van der Waals surface area contributed by atoms with Crippen LogP contribution in [0.4, 0.5) is 14.6 Å². The molecule has 1 unspecified atom stereocenters. The van der Waals surface area contributed by atoms with Crippen LogP contribution in [-0.4, -0.2) is 22.7 Å². The minimum Gasteiger partial charge on any atom is -0.391 e. The SMILES string of the molecule is CC(C)CC(O)CNc1ncc(F)cc1F. The summed E-state index contributed by atoms with van der Waals surface area (Å²) in [7, 11) is 0. The van der Waals surface area contributed by atoms with Gasteiger partial charge < -0.3 is 10.4 Å². The zero-order valence-corrected chi connectivity index (χ0v) is 9.37. The Kier molecular flexibility index (Phi) is 4.61. The summed E-state index contributed by atoms with van der Waals surface area (Å²) >= 11 is 0. The molecule has 2 N–H and O–H groups in total. The van der Waals surface area contributed by atoms with Crippen molar-refractivity contribution in [3.8, 4) is 0 Å². The van der Waals surface area contributed by atoms with Gasteiger partial charge in [0.05, 0.1) is 12.3 Å². The Balaban J connectivity index is 2.48. The number of aromatic nitrogens is 1. The molecule has 0 saturated carbocycles. The second-order valence-electron chi connectivity index (χ2n) is 4.15. The first-order chi connectivity index (χ1) is 7.49. The number of nitrogens with one attached hydrogen (secondary N) is 1. The Morgan fingerprint density at radius 1 is 1.44 bits per heavy atom. The smallest absolute Gasteiger partial charge is 0.168 e. The molecule has 3 nitrogen and oxygen atoms in total. The number of rotatable bonds is 5. The highest BCUT2D eigenvalue weighted by atomic mass is 19.1. The van der Waals surface area contributed by atoms with Crippen LogP contribution in [0.1, 0.15) is 20.3 Å². The predicted molar refractivity (Wildman–Crippen MR) is 58.1 cm³/mol. The zero-order chi connectivity index (χ0) is 12.1. The molecule has 1 aromatic rings. The number of anilines is 1. The monoisotopic (exact) mass is 230 g/mol. The van der Waals surface area contributed by atoms with Crippen molar-refractivity contribution in [3.63, 3.8) is 0 Å². The summed E-state index contributed by atoms with van der Waals surface area (Å²) < 4.78 is 25.7. The van der Waals surface area contributed by atoms with Gasteiger partial charge in [0.25, 0.3) is 0 Å². The molecule has 0 aromatic carbocycles. The average Bonchev–Trinajstić information content (AvgIpc) is 2.15. The summed E-state index contributed by atoms with van der Waals surface area (Å²) in [6.45, 7) is 4.17.